The molecule has 6 heteroatoms. The van der Waals surface area contributed by atoms with Gasteiger partial charge in [0.05, 0.1) is 16.7 Å². The van der Waals surface area contributed by atoms with Crippen molar-refractivity contribution in [2.45, 2.75) is 0 Å². The summed E-state index contributed by atoms with van der Waals surface area (Å²) in [5, 5.41) is 2.10. The molecule has 0 radical (unpaired) electrons. The lowest BCUT2D eigenvalue weighted by Gasteiger charge is -2.01. The summed E-state index contributed by atoms with van der Waals surface area (Å²) in [5.41, 5.74) is 0.818. The smallest absolute Gasteiger partial charge is 0.346 e. The first-order chi connectivity index (χ1) is 8.56. The van der Waals surface area contributed by atoms with Crippen LogP contribution in [0.5, 0.6) is 0 Å². The molecule has 0 unspecified atom stereocenters. The number of rotatable bonds is 1. The van der Waals surface area contributed by atoms with Gasteiger partial charge >= 0.3 is 11.9 Å². The third kappa shape index (κ3) is 1.36. The summed E-state index contributed by atoms with van der Waals surface area (Å²) in [6.07, 6.45) is 1.15. The van der Waals surface area contributed by atoms with Gasteiger partial charge in [-0.1, -0.05) is 6.07 Å². The Kier molecular flexibility index (Phi) is 1.94. The van der Waals surface area contributed by atoms with Crippen LogP contribution in [0.25, 0.3) is 5.57 Å². The van der Waals surface area contributed by atoms with Crippen molar-refractivity contribution in [3.05, 3.63) is 41.0 Å². The summed E-state index contributed by atoms with van der Waals surface area (Å²) in [4.78, 5) is 45.1. The lowest BCUT2D eigenvalue weighted by atomic mass is 10.0. The number of benzene rings is 1. The molecule has 18 heavy (non-hydrogen) atoms. The summed E-state index contributed by atoms with van der Waals surface area (Å²) >= 11 is 0. The molecule has 0 atom stereocenters. The van der Waals surface area contributed by atoms with Gasteiger partial charge in [-0.2, -0.15) is 0 Å². The van der Waals surface area contributed by atoms with Crippen LogP contribution < -0.4 is 5.32 Å². The van der Waals surface area contributed by atoms with E-state index >= 15 is 0 Å². The molecule has 2 amide bonds. The molecule has 1 N–H and O–H groups in total. The molecule has 2 aliphatic heterocycles. The summed E-state index contributed by atoms with van der Waals surface area (Å²) in [7, 11) is 0. The molecule has 88 valence electrons. The van der Waals surface area contributed by atoms with E-state index in [1.807, 2.05) is 0 Å². The van der Waals surface area contributed by atoms with Crippen molar-refractivity contribution in [1.82, 2.24) is 5.32 Å². The highest BCUT2D eigenvalue weighted by Crippen LogP contribution is 2.25. The van der Waals surface area contributed by atoms with Crippen molar-refractivity contribution in [1.29, 1.82) is 0 Å². The minimum Gasteiger partial charge on any atom is -0.386 e. The zero-order chi connectivity index (χ0) is 12.9. The monoisotopic (exact) mass is 243 g/mol. The van der Waals surface area contributed by atoms with Gasteiger partial charge in [-0.25, -0.2) is 9.59 Å². The molecular weight excluding hydrogens is 238 g/mol. The topological polar surface area (TPSA) is 89.5 Å². The Labute approximate surface area is 100 Å². The minimum absolute atomic E-state index is 0.102. The summed E-state index contributed by atoms with van der Waals surface area (Å²) in [5.74, 6) is -2.49. The SMILES string of the molecule is O=C1C=C(c2ccc3c(c2)C(=O)OC3=O)C(=O)N1. The second-order valence-electron chi connectivity index (χ2n) is 3.81. The van der Waals surface area contributed by atoms with E-state index in [0.717, 1.165) is 6.08 Å². The Morgan fingerprint density at radius 3 is 2.33 bits per heavy atom. The van der Waals surface area contributed by atoms with Crippen LogP contribution in [0.3, 0.4) is 0 Å². The highest BCUT2D eigenvalue weighted by Gasteiger charge is 2.31. The van der Waals surface area contributed by atoms with E-state index in [-0.39, 0.29) is 16.7 Å². The quantitative estimate of drug-likeness (QED) is 0.427. The lowest BCUT2D eigenvalue weighted by molar-refractivity contribution is -0.123. The number of hydrogen-bond acceptors (Lipinski definition) is 5. The molecule has 0 bridgehead atoms. The second kappa shape index (κ2) is 3.36. The fourth-order valence-electron chi connectivity index (χ4n) is 1.88. The third-order valence-corrected chi connectivity index (χ3v) is 2.71. The third-order valence-electron chi connectivity index (χ3n) is 2.71. The fourth-order valence-corrected chi connectivity index (χ4v) is 1.88. The van der Waals surface area contributed by atoms with Crippen molar-refractivity contribution in [3.63, 3.8) is 0 Å². The molecule has 0 saturated carbocycles. The maximum Gasteiger partial charge on any atom is 0.346 e. The lowest BCUT2D eigenvalue weighted by Crippen LogP contribution is -2.21. The van der Waals surface area contributed by atoms with Crippen molar-refractivity contribution >= 4 is 29.3 Å². The molecule has 6 nitrogen and oxygen atoms in total. The van der Waals surface area contributed by atoms with Crippen LogP contribution >= 0.6 is 0 Å². The number of carbonyl (C=O) groups excluding carboxylic acids is 4. The van der Waals surface area contributed by atoms with Crippen LogP contribution in [0.1, 0.15) is 26.3 Å². The van der Waals surface area contributed by atoms with Gasteiger partial charge < -0.3 is 4.74 Å². The van der Waals surface area contributed by atoms with Crippen LogP contribution in [0.4, 0.5) is 0 Å². The number of esters is 2. The van der Waals surface area contributed by atoms with Gasteiger partial charge in [0.2, 0.25) is 0 Å². The van der Waals surface area contributed by atoms with Crippen LogP contribution in [-0.2, 0) is 14.3 Å². The highest BCUT2D eigenvalue weighted by atomic mass is 16.6. The van der Waals surface area contributed by atoms with E-state index in [4.69, 9.17) is 0 Å². The summed E-state index contributed by atoms with van der Waals surface area (Å²) < 4.78 is 4.43. The van der Waals surface area contributed by atoms with Crippen LogP contribution in [0.15, 0.2) is 24.3 Å². The van der Waals surface area contributed by atoms with Crippen molar-refractivity contribution in [3.8, 4) is 0 Å². The van der Waals surface area contributed by atoms with Crippen LogP contribution in [0.2, 0.25) is 0 Å². The molecular formula is C12H5NO5. The van der Waals surface area contributed by atoms with Gasteiger partial charge in [0, 0.05) is 6.08 Å². The first-order valence-corrected chi connectivity index (χ1v) is 5.04. The van der Waals surface area contributed by atoms with Crippen molar-refractivity contribution in [2.75, 3.05) is 0 Å². The van der Waals surface area contributed by atoms with Crippen molar-refractivity contribution < 1.29 is 23.9 Å². The number of carbonyl (C=O) groups is 4. The van der Waals surface area contributed by atoms with Gasteiger partial charge in [-0.15, -0.1) is 0 Å². The first kappa shape index (κ1) is 10.4. The minimum atomic E-state index is -0.748. The number of amides is 2. The molecule has 0 aliphatic carbocycles. The van der Waals surface area contributed by atoms with Gasteiger partial charge in [0.1, 0.15) is 0 Å². The number of fused-ring (bicyclic) bond motifs is 1. The molecule has 0 aromatic heterocycles. The predicted octanol–water partition coefficient (Wildman–Crippen LogP) is 0.0370. The van der Waals surface area contributed by atoms with E-state index in [0.29, 0.717) is 5.56 Å². The number of nitrogens with one attached hydrogen (secondary N) is 1. The van der Waals surface area contributed by atoms with E-state index in [1.165, 1.54) is 18.2 Å². The van der Waals surface area contributed by atoms with Crippen LogP contribution in [0, 0.1) is 0 Å². The number of cyclic esters (lactones) is 2. The Bertz CT molecular complexity index is 671. The maximum absolute atomic E-state index is 11.4. The van der Waals surface area contributed by atoms with Gasteiger partial charge in [-0.05, 0) is 17.7 Å². The average molecular weight is 243 g/mol. The zero-order valence-electron chi connectivity index (χ0n) is 8.85. The highest BCUT2D eigenvalue weighted by molar-refractivity contribution is 6.33. The Balaban J connectivity index is 2.12. The predicted molar refractivity (Wildman–Crippen MR) is 57.3 cm³/mol. The molecule has 1 aromatic rings. The molecule has 0 saturated heterocycles. The molecule has 0 spiro atoms. The average Bonchev–Trinajstić information content (AvgIpc) is 2.80. The molecule has 2 heterocycles. The first-order valence-electron chi connectivity index (χ1n) is 5.04. The van der Waals surface area contributed by atoms with Gasteiger partial charge in [0.25, 0.3) is 11.8 Å². The number of hydrogen-bond donors (Lipinski definition) is 1. The largest absolute Gasteiger partial charge is 0.386 e. The van der Waals surface area contributed by atoms with E-state index in [2.05, 4.69) is 10.1 Å². The number of imide groups is 1. The zero-order valence-corrected chi connectivity index (χ0v) is 8.85. The molecule has 0 fully saturated rings. The second-order valence-corrected chi connectivity index (χ2v) is 3.81. The Hall–Kier alpha value is -2.76. The number of ether oxygens (including phenoxy) is 1. The van der Waals surface area contributed by atoms with Gasteiger partial charge in [-0.3, -0.25) is 14.9 Å². The standard InChI is InChI=1S/C12H5NO5/c14-9-4-7(10(15)13-9)5-1-2-6-8(3-5)12(17)18-11(6)16/h1-4H,(H,13,14,15). The van der Waals surface area contributed by atoms with Crippen LogP contribution in [-0.4, -0.2) is 23.8 Å². The fraction of sp³-hybridized carbons (Fsp3) is 0. The molecule has 3 rings (SSSR count). The molecule has 2 aliphatic rings. The summed E-state index contributed by atoms with van der Waals surface area (Å²) in [6.45, 7) is 0. The van der Waals surface area contributed by atoms with Crippen molar-refractivity contribution in [2.24, 2.45) is 0 Å². The molecule has 1 aromatic carbocycles. The summed E-state index contributed by atoms with van der Waals surface area (Å²) in [6, 6.07) is 4.25. The Morgan fingerprint density at radius 1 is 0.944 bits per heavy atom. The van der Waals surface area contributed by atoms with E-state index < -0.39 is 23.8 Å². The van der Waals surface area contributed by atoms with E-state index in [1.54, 1.807) is 0 Å². The maximum atomic E-state index is 11.4. The Morgan fingerprint density at radius 2 is 1.67 bits per heavy atom. The normalized spacial score (nSPS) is 17.4. The van der Waals surface area contributed by atoms with E-state index in [9.17, 15) is 19.2 Å². The van der Waals surface area contributed by atoms with Gasteiger partial charge in [0.15, 0.2) is 0 Å².